The smallest absolute Gasteiger partial charge is 0.234 e. The SMILES string of the molecule is CCOC1CC(N(C)CC(=O)NC(c2ccc(OC)cc2)C2CC2)C1. The fourth-order valence-electron chi connectivity index (χ4n) is 3.56. The third-order valence-electron chi connectivity index (χ3n) is 5.37. The van der Waals surface area contributed by atoms with Gasteiger partial charge in [-0.15, -0.1) is 0 Å². The molecule has 0 radical (unpaired) electrons. The van der Waals surface area contributed by atoms with E-state index in [9.17, 15) is 4.79 Å². The maximum Gasteiger partial charge on any atom is 0.234 e. The van der Waals surface area contributed by atoms with E-state index in [1.54, 1.807) is 7.11 Å². The minimum Gasteiger partial charge on any atom is -0.497 e. The van der Waals surface area contributed by atoms with E-state index in [-0.39, 0.29) is 11.9 Å². The molecule has 0 bridgehead atoms. The predicted octanol–water partition coefficient (Wildman–Crippen LogP) is 2.76. The first kappa shape index (κ1) is 18.2. The van der Waals surface area contributed by atoms with E-state index in [1.165, 1.54) is 18.4 Å². The van der Waals surface area contributed by atoms with Crippen LogP contribution in [0.2, 0.25) is 0 Å². The zero-order valence-electron chi connectivity index (χ0n) is 15.5. The highest BCUT2D eigenvalue weighted by Gasteiger charge is 2.35. The molecule has 25 heavy (non-hydrogen) atoms. The van der Waals surface area contributed by atoms with Gasteiger partial charge in [0.2, 0.25) is 5.91 Å². The maximum atomic E-state index is 12.5. The average Bonchev–Trinajstić information content (AvgIpc) is 3.40. The second-order valence-corrected chi connectivity index (χ2v) is 7.27. The van der Waals surface area contributed by atoms with Crippen LogP contribution in [0.5, 0.6) is 5.75 Å². The van der Waals surface area contributed by atoms with Crippen LogP contribution in [0.3, 0.4) is 0 Å². The van der Waals surface area contributed by atoms with E-state index >= 15 is 0 Å². The van der Waals surface area contributed by atoms with Crippen molar-refractivity contribution in [1.82, 2.24) is 10.2 Å². The highest BCUT2D eigenvalue weighted by molar-refractivity contribution is 5.78. The Kier molecular flexibility index (Phi) is 5.97. The van der Waals surface area contributed by atoms with Crippen LogP contribution in [-0.4, -0.2) is 50.3 Å². The third-order valence-corrected chi connectivity index (χ3v) is 5.37. The summed E-state index contributed by atoms with van der Waals surface area (Å²) in [5.74, 6) is 1.52. The van der Waals surface area contributed by atoms with Crippen molar-refractivity contribution in [1.29, 1.82) is 0 Å². The summed E-state index contributed by atoms with van der Waals surface area (Å²) in [6, 6.07) is 8.62. The Labute approximate surface area is 150 Å². The summed E-state index contributed by atoms with van der Waals surface area (Å²) >= 11 is 0. The largest absolute Gasteiger partial charge is 0.497 e. The number of ether oxygens (including phenoxy) is 2. The van der Waals surface area contributed by atoms with Crippen molar-refractivity contribution in [3.63, 3.8) is 0 Å². The standard InChI is InChI=1S/C20H30N2O3/c1-4-25-18-11-16(12-18)22(2)13-19(23)21-20(14-5-6-14)15-7-9-17(24-3)10-8-15/h7-10,14,16,18,20H,4-6,11-13H2,1-3H3,(H,21,23). The van der Waals surface area contributed by atoms with E-state index in [0.717, 1.165) is 25.2 Å². The number of hydrogen-bond acceptors (Lipinski definition) is 4. The molecule has 1 amide bonds. The van der Waals surface area contributed by atoms with Gasteiger partial charge < -0.3 is 14.8 Å². The molecule has 0 heterocycles. The normalized spacial score (nSPS) is 23.8. The van der Waals surface area contributed by atoms with Crippen LogP contribution in [0.4, 0.5) is 0 Å². The molecule has 3 rings (SSSR count). The predicted molar refractivity (Wildman–Crippen MR) is 97.7 cm³/mol. The average molecular weight is 346 g/mol. The molecule has 0 saturated heterocycles. The summed E-state index contributed by atoms with van der Waals surface area (Å²) in [5, 5.41) is 3.25. The summed E-state index contributed by atoms with van der Waals surface area (Å²) in [6.45, 7) is 3.25. The van der Waals surface area contributed by atoms with Crippen molar-refractivity contribution in [3.8, 4) is 5.75 Å². The number of carbonyl (C=O) groups excluding carboxylic acids is 1. The molecule has 5 heteroatoms. The van der Waals surface area contributed by atoms with Crippen LogP contribution in [0.25, 0.3) is 0 Å². The summed E-state index contributed by atoms with van der Waals surface area (Å²) in [7, 11) is 3.70. The molecule has 0 aliphatic heterocycles. The molecule has 0 aromatic heterocycles. The fourth-order valence-corrected chi connectivity index (χ4v) is 3.56. The third kappa shape index (κ3) is 4.73. The van der Waals surface area contributed by atoms with Crippen molar-refractivity contribution in [2.24, 2.45) is 5.92 Å². The van der Waals surface area contributed by atoms with E-state index in [2.05, 4.69) is 22.3 Å². The molecular formula is C20H30N2O3. The lowest BCUT2D eigenvalue weighted by atomic mass is 9.88. The molecule has 2 aliphatic rings. The first-order valence-electron chi connectivity index (χ1n) is 9.35. The van der Waals surface area contributed by atoms with Gasteiger partial charge in [-0.3, -0.25) is 9.69 Å². The first-order chi connectivity index (χ1) is 12.1. The van der Waals surface area contributed by atoms with Crippen molar-refractivity contribution < 1.29 is 14.3 Å². The van der Waals surface area contributed by atoms with E-state index in [0.29, 0.717) is 24.6 Å². The van der Waals surface area contributed by atoms with Gasteiger partial charge >= 0.3 is 0 Å². The minimum absolute atomic E-state index is 0.107. The van der Waals surface area contributed by atoms with Crippen LogP contribution in [0.15, 0.2) is 24.3 Å². The van der Waals surface area contributed by atoms with Crippen molar-refractivity contribution >= 4 is 5.91 Å². The quantitative estimate of drug-likeness (QED) is 0.747. The molecule has 1 aromatic rings. The number of methoxy groups -OCH3 is 1. The number of amides is 1. The molecule has 2 fully saturated rings. The number of carbonyl (C=O) groups is 1. The summed E-state index contributed by atoms with van der Waals surface area (Å²) in [5.41, 5.74) is 1.17. The van der Waals surface area contributed by atoms with E-state index in [4.69, 9.17) is 9.47 Å². The zero-order valence-corrected chi connectivity index (χ0v) is 15.5. The van der Waals surface area contributed by atoms with Gasteiger partial charge in [-0.25, -0.2) is 0 Å². The Hall–Kier alpha value is -1.59. The fraction of sp³-hybridized carbons (Fsp3) is 0.650. The van der Waals surface area contributed by atoms with Gasteiger partial charge in [-0.05, 0) is 63.3 Å². The Balaban J connectivity index is 1.51. The summed E-state index contributed by atoms with van der Waals surface area (Å²) in [6.07, 6.45) is 4.81. The molecule has 138 valence electrons. The summed E-state index contributed by atoms with van der Waals surface area (Å²) < 4.78 is 10.8. The molecule has 0 spiro atoms. The molecule has 5 nitrogen and oxygen atoms in total. The molecule has 1 aromatic carbocycles. The number of rotatable bonds is 9. The van der Waals surface area contributed by atoms with Gasteiger partial charge in [-0.1, -0.05) is 12.1 Å². The van der Waals surface area contributed by atoms with Gasteiger partial charge in [-0.2, -0.15) is 0 Å². The van der Waals surface area contributed by atoms with Crippen LogP contribution in [0.1, 0.15) is 44.2 Å². The Morgan fingerprint density at radius 1 is 1.28 bits per heavy atom. The van der Waals surface area contributed by atoms with Crippen LogP contribution < -0.4 is 10.1 Å². The van der Waals surface area contributed by atoms with Crippen molar-refractivity contribution in [2.45, 2.75) is 50.8 Å². The topological polar surface area (TPSA) is 50.8 Å². The van der Waals surface area contributed by atoms with E-state index in [1.807, 2.05) is 26.1 Å². The molecular weight excluding hydrogens is 316 g/mol. The summed E-state index contributed by atoms with van der Waals surface area (Å²) in [4.78, 5) is 14.7. The minimum atomic E-state index is 0.107. The monoisotopic (exact) mass is 346 g/mol. The van der Waals surface area contributed by atoms with Crippen LogP contribution >= 0.6 is 0 Å². The van der Waals surface area contributed by atoms with Crippen molar-refractivity contribution in [2.75, 3.05) is 27.3 Å². The number of likely N-dealkylation sites (N-methyl/N-ethyl adjacent to an activating group) is 1. The van der Waals surface area contributed by atoms with Gasteiger partial charge in [0.25, 0.3) is 0 Å². The van der Waals surface area contributed by atoms with Gasteiger partial charge in [0.05, 0.1) is 25.8 Å². The molecule has 1 unspecified atom stereocenters. The van der Waals surface area contributed by atoms with Crippen LogP contribution in [0, 0.1) is 5.92 Å². The molecule has 2 aliphatic carbocycles. The number of nitrogens with one attached hydrogen (secondary N) is 1. The van der Waals surface area contributed by atoms with Gasteiger partial charge in [0.15, 0.2) is 0 Å². The Bertz CT molecular complexity index is 565. The van der Waals surface area contributed by atoms with Crippen molar-refractivity contribution in [3.05, 3.63) is 29.8 Å². The number of hydrogen-bond donors (Lipinski definition) is 1. The Morgan fingerprint density at radius 3 is 2.52 bits per heavy atom. The number of nitrogens with zero attached hydrogens (tertiary/aromatic N) is 1. The van der Waals surface area contributed by atoms with E-state index < -0.39 is 0 Å². The lowest BCUT2D eigenvalue weighted by Gasteiger charge is -2.40. The molecule has 1 atom stereocenters. The zero-order chi connectivity index (χ0) is 17.8. The molecule has 1 N–H and O–H groups in total. The van der Waals surface area contributed by atoms with Crippen LogP contribution in [-0.2, 0) is 9.53 Å². The maximum absolute atomic E-state index is 12.5. The second kappa shape index (κ2) is 8.19. The Morgan fingerprint density at radius 2 is 1.96 bits per heavy atom. The lowest BCUT2D eigenvalue weighted by molar-refractivity contribution is -0.125. The first-order valence-corrected chi connectivity index (χ1v) is 9.35. The highest BCUT2D eigenvalue weighted by atomic mass is 16.5. The molecule has 2 saturated carbocycles. The van der Waals surface area contributed by atoms with Gasteiger partial charge in [0.1, 0.15) is 5.75 Å². The van der Waals surface area contributed by atoms with Gasteiger partial charge in [0, 0.05) is 12.6 Å². The second-order valence-electron chi connectivity index (χ2n) is 7.27. The lowest BCUT2D eigenvalue weighted by Crippen LogP contribution is -2.49. The highest BCUT2D eigenvalue weighted by Crippen LogP contribution is 2.41. The number of benzene rings is 1.